The summed E-state index contributed by atoms with van der Waals surface area (Å²) in [5.74, 6) is 0.469. The van der Waals surface area contributed by atoms with E-state index in [-0.39, 0.29) is 0 Å². The van der Waals surface area contributed by atoms with Crippen LogP contribution in [0.15, 0.2) is 103 Å². The van der Waals surface area contributed by atoms with Crippen LogP contribution in [0.25, 0.3) is 0 Å². The molecule has 0 radical (unpaired) electrons. The average Bonchev–Trinajstić information content (AvgIpc) is 2.94. The summed E-state index contributed by atoms with van der Waals surface area (Å²) < 4.78 is 0. The second-order valence-corrected chi connectivity index (χ2v) is 15.8. The molecule has 4 aromatic carbocycles. The minimum Gasteiger partial charge on any atom is -0.0650 e. The molecule has 3 unspecified atom stereocenters. The Bertz CT molecular complexity index is 1240. The summed E-state index contributed by atoms with van der Waals surface area (Å²) >= 11 is 0. The molecular weight excluding hydrogens is 395 g/mol. The molecule has 0 amide bonds. The van der Waals surface area contributed by atoms with Crippen molar-refractivity contribution in [3.63, 3.8) is 0 Å². The summed E-state index contributed by atoms with van der Waals surface area (Å²) in [5.41, 5.74) is 5.32. The van der Waals surface area contributed by atoms with Crippen molar-refractivity contribution in [1.29, 1.82) is 0 Å². The smallest absolute Gasteiger partial charge is 0.0650 e. The summed E-state index contributed by atoms with van der Waals surface area (Å²) in [6.45, 7) is 5.18. The van der Waals surface area contributed by atoms with Crippen LogP contribution in [0.1, 0.15) is 28.1 Å². The summed E-state index contributed by atoms with van der Waals surface area (Å²) in [5, 5.41) is 6.21. The lowest BCUT2D eigenvalue weighted by Gasteiger charge is -2.31. The van der Waals surface area contributed by atoms with E-state index in [0.717, 1.165) is 0 Å². The van der Waals surface area contributed by atoms with E-state index in [4.69, 9.17) is 0 Å². The van der Waals surface area contributed by atoms with E-state index in [1.165, 1.54) is 5.30 Å². The van der Waals surface area contributed by atoms with Gasteiger partial charge in [-0.3, -0.25) is 0 Å². The molecule has 2 aliphatic rings. The molecular formula is C28H25PSi. The molecule has 0 bridgehead atoms. The van der Waals surface area contributed by atoms with E-state index in [0.29, 0.717) is 11.5 Å². The van der Waals surface area contributed by atoms with Crippen LogP contribution in [-0.4, -0.2) is 8.07 Å². The van der Waals surface area contributed by atoms with E-state index in [9.17, 15) is 0 Å². The van der Waals surface area contributed by atoms with Crippen molar-refractivity contribution in [2.24, 2.45) is 0 Å². The molecule has 6 rings (SSSR count). The molecule has 0 aromatic heterocycles. The zero-order valence-electron chi connectivity index (χ0n) is 17.4. The topological polar surface area (TPSA) is 0 Å². The molecule has 0 aliphatic carbocycles. The predicted octanol–water partition coefficient (Wildman–Crippen LogP) is 5.14. The van der Waals surface area contributed by atoms with Gasteiger partial charge in [-0.2, -0.15) is 0 Å². The van der Waals surface area contributed by atoms with Gasteiger partial charge in [-0.1, -0.05) is 121 Å². The Balaban J connectivity index is 1.74. The average molecular weight is 421 g/mol. The predicted molar refractivity (Wildman–Crippen MR) is 133 cm³/mol. The lowest BCUT2D eigenvalue weighted by Crippen LogP contribution is -2.44. The number of rotatable bonds is 1. The summed E-state index contributed by atoms with van der Waals surface area (Å²) in [6, 6.07) is 39.2. The van der Waals surface area contributed by atoms with Gasteiger partial charge in [-0.15, -0.1) is 0 Å². The Labute approximate surface area is 181 Å². The van der Waals surface area contributed by atoms with Gasteiger partial charge in [0.1, 0.15) is 0 Å². The first kappa shape index (κ1) is 18.3. The second-order valence-electron chi connectivity index (χ2n) is 9.05. The second kappa shape index (κ2) is 6.77. The van der Waals surface area contributed by atoms with Gasteiger partial charge >= 0.3 is 0 Å². The molecule has 146 valence electrons. The van der Waals surface area contributed by atoms with Crippen molar-refractivity contribution in [2.75, 3.05) is 0 Å². The van der Waals surface area contributed by atoms with E-state index < -0.39 is 16.0 Å². The number of hydrogen-bond acceptors (Lipinski definition) is 0. The molecule has 0 fully saturated rings. The van der Waals surface area contributed by atoms with Gasteiger partial charge in [-0.25, -0.2) is 0 Å². The monoisotopic (exact) mass is 420 g/mol. The van der Waals surface area contributed by atoms with Gasteiger partial charge in [0.2, 0.25) is 0 Å². The van der Waals surface area contributed by atoms with Crippen LogP contribution in [0.5, 0.6) is 0 Å². The Kier molecular flexibility index (Phi) is 4.13. The van der Waals surface area contributed by atoms with E-state index in [1.54, 1.807) is 32.5 Å². The highest BCUT2D eigenvalue weighted by Gasteiger charge is 2.51. The molecule has 0 saturated carbocycles. The third kappa shape index (κ3) is 2.49. The van der Waals surface area contributed by atoms with Crippen molar-refractivity contribution in [3.8, 4) is 0 Å². The fourth-order valence-electron chi connectivity index (χ4n) is 5.93. The third-order valence-corrected chi connectivity index (χ3v) is 13.8. The highest BCUT2D eigenvalue weighted by Crippen LogP contribution is 2.53. The Morgan fingerprint density at radius 3 is 1.83 bits per heavy atom. The summed E-state index contributed by atoms with van der Waals surface area (Å²) in [6.07, 6.45) is 0. The maximum atomic E-state index is 2.59. The van der Waals surface area contributed by atoms with Crippen molar-refractivity contribution in [1.82, 2.24) is 0 Å². The summed E-state index contributed by atoms with van der Waals surface area (Å²) in [7, 11) is -2.25. The first-order valence-electron chi connectivity index (χ1n) is 10.8. The molecule has 0 N–H and O–H groups in total. The maximum absolute atomic E-state index is 2.59. The van der Waals surface area contributed by atoms with Crippen molar-refractivity contribution in [2.45, 2.75) is 24.6 Å². The Hall–Kier alpha value is -2.47. The Morgan fingerprint density at radius 1 is 0.567 bits per heavy atom. The highest BCUT2D eigenvalue weighted by molar-refractivity contribution is 7.80. The SMILES string of the molecule is C[Si]1(C)c2ccccc2C2c3ccccc3P(c3ccccc3)c3ccccc3C21. The van der Waals surface area contributed by atoms with E-state index in [2.05, 4.69) is 116 Å². The van der Waals surface area contributed by atoms with Crippen molar-refractivity contribution >= 4 is 37.1 Å². The molecule has 0 nitrogen and oxygen atoms in total. The maximum Gasteiger partial charge on any atom is 0.0893 e. The van der Waals surface area contributed by atoms with Gasteiger partial charge in [0.15, 0.2) is 0 Å². The molecule has 2 heterocycles. The van der Waals surface area contributed by atoms with Crippen LogP contribution >= 0.6 is 7.92 Å². The van der Waals surface area contributed by atoms with Gasteiger partial charge in [-0.05, 0) is 46.1 Å². The molecule has 0 spiro atoms. The lowest BCUT2D eigenvalue weighted by molar-refractivity contribution is 0.789. The van der Waals surface area contributed by atoms with Crippen LogP contribution in [0.4, 0.5) is 0 Å². The van der Waals surface area contributed by atoms with Crippen LogP contribution < -0.4 is 21.1 Å². The van der Waals surface area contributed by atoms with E-state index >= 15 is 0 Å². The first-order chi connectivity index (χ1) is 14.7. The van der Waals surface area contributed by atoms with Gasteiger partial charge in [0, 0.05) is 5.92 Å². The van der Waals surface area contributed by atoms with Crippen LogP contribution in [0.3, 0.4) is 0 Å². The number of fused-ring (bicyclic) bond motifs is 7. The fraction of sp³-hybridized carbons (Fsp3) is 0.143. The fourth-order valence-corrected chi connectivity index (χ4v) is 12.8. The largest absolute Gasteiger partial charge is 0.0893 e. The zero-order valence-corrected chi connectivity index (χ0v) is 19.3. The lowest BCUT2D eigenvalue weighted by atomic mass is 9.86. The minimum atomic E-state index is -1.70. The standard InChI is InChI=1S/C28H25PSi/c1-30(2)26-19-11-8-16-23(26)27-21-14-6-9-17-24(21)29(20-12-4-3-5-13-20)25-18-10-7-15-22(25)28(27)30/h3-19,27-28H,1-2H3. The molecule has 3 atom stereocenters. The minimum absolute atomic E-state index is 0.469. The zero-order chi connectivity index (χ0) is 20.3. The van der Waals surface area contributed by atoms with Gasteiger partial charge in [0.05, 0.1) is 8.07 Å². The third-order valence-electron chi connectivity index (χ3n) is 7.14. The quantitative estimate of drug-likeness (QED) is 0.295. The van der Waals surface area contributed by atoms with Gasteiger partial charge in [0.25, 0.3) is 0 Å². The van der Waals surface area contributed by atoms with Crippen molar-refractivity contribution in [3.05, 3.63) is 120 Å². The molecule has 2 heteroatoms. The van der Waals surface area contributed by atoms with Crippen LogP contribution in [0, 0.1) is 0 Å². The highest BCUT2D eigenvalue weighted by atomic mass is 31.1. The van der Waals surface area contributed by atoms with Crippen LogP contribution in [0.2, 0.25) is 13.1 Å². The number of hydrogen-bond donors (Lipinski definition) is 0. The molecule has 4 aromatic rings. The first-order valence-corrected chi connectivity index (χ1v) is 15.2. The molecule has 30 heavy (non-hydrogen) atoms. The van der Waals surface area contributed by atoms with E-state index in [1.807, 2.05) is 0 Å². The number of benzene rings is 4. The van der Waals surface area contributed by atoms with Gasteiger partial charge < -0.3 is 0 Å². The van der Waals surface area contributed by atoms with Crippen molar-refractivity contribution < 1.29 is 0 Å². The van der Waals surface area contributed by atoms with Crippen LogP contribution in [-0.2, 0) is 0 Å². The molecule has 2 aliphatic heterocycles. The normalized spacial score (nSPS) is 22.9. The summed E-state index contributed by atoms with van der Waals surface area (Å²) in [4.78, 5) is 0. The molecule has 0 saturated heterocycles. The Morgan fingerprint density at radius 2 is 1.10 bits per heavy atom.